The van der Waals surface area contributed by atoms with Crippen LogP contribution in [0.4, 0.5) is 0 Å². The fourth-order valence-corrected chi connectivity index (χ4v) is 2.20. The van der Waals surface area contributed by atoms with Crippen LogP contribution in [-0.2, 0) is 14.3 Å². The van der Waals surface area contributed by atoms with Crippen LogP contribution in [0.25, 0.3) is 0 Å². The molecule has 0 aliphatic carbocycles. The summed E-state index contributed by atoms with van der Waals surface area (Å²) in [6.45, 7) is 6.08. The van der Waals surface area contributed by atoms with Gasteiger partial charge in [-0.25, -0.2) is 4.79 Å². The van der Waals surface area contributed by atoms with Gasteiger partial charge in [0, 0.05) is 5.56 Å². The Balaban J connectivity index is 2.53. The number of hydrogen-bond donors (Lipinski definition) is 2. The number of nitrogens with one attached hydrogen (secondary N) is 2. The average Bonchev–Trinajstić information content (AvgIpc) is 2.59. The molecule has 0 spiro atoms. The predicted molar refractivity (Wildman–Crippen MR) is 93.3 cm³/mol. The number of carbonyl (C=O) groups excluding carboxylic acids is 3. The number of benzene rings is 1. The van der Waals surface area contributed by atoms with E-state index in [0.29, 0.717) is 24.3 Å². The molecule has 0 saturated carbocycles. The molecule has 0 heterocycles. The van der Waals surface area contributed by atoms with E-state index in [1.807, 2.05) is 20.8 Å². The van der Waals surface area contributed by atoms with E-state index >= 15 is 0 Å². The van der Waals surface area contributed by atoms with Gasteiger partial charge >= 0.3 is 5.97 Å². The molecule has 0 fully saturated rings. The topological polar surface area (TPSA) is 93.7 Å². The molecule has 1 aromatic rings. The van der Waals surface area contributed by atoms with Gasteiger partial charge in [-0.1, -0.05) is 13.8 Å². The van der Waals surface area contributed by atoms with E-state index in [1.54, 1.807) is 24.3 Å². The number of carbonyl (C=O) groups is 3. The van der Waals surface area contributed by atoms with Crippen molar-refractivity contribution in [2.75, 3.05) is 20.3 Å². The Morgan fingerprint density at radius 1 is 1.12 bits per heavy atom. The lowest BCUT2D eigenvalue weighted by atomic mass is 10.0. The van der Waals surface area contributed by atoms with Gasteiger partial charge in [0.15, 0.2) is 0 Å². The summed E-state index contributed by atoms with van der Waals surface area (Å²) in [5.74, 6) is -0.443. The van der Waals surface area contributed by atoms with Gasteiger partial charge < -0.3 is 20.1 Å². The fraction of sp³-hybridized carbons (Fsp3) is 0.500. The van der Waals surface area contributed by atoms with E-state index in [-0.39, 0.29) is 18.4 Å². The summed E-state index contributed by atoms with van der Waals surface area (Å²) in [5, 5.41) is 5.11. The zero-order valence-electron chi connectivity index (χ0n) is 15.1. The highest BCUT2D eigenvalue weighted by molar-refractivity contribution is 5.97. The van der Waals surface area contributed by atoms with E-state index in [4.69, 9.17) is 4.74 Å². The first-order valence-electron chi connectivity index (χ1n) is 8.25. The molecule has 1 unspecified atom stereocenters. The van der Waals surface area contributed by atoms with Gasteiger partial charge in [0.2, 0.25) is 5.91 Å². The summed E-state index contributed by atoms with van der Waals surface area (Å²) in [6.07, 6.45) is 0.464. The Kier molecular flexibility index (Phi) is 8.46. The molecule has 0 bridgehead atoms. The Labute approximate surface area is 148 Å². The number of esters is 1. The van der Waals surface area contributed by atoms with Gasteiger partial charge in [0.05, 0.1) is 20.3 Å². The van der Waals surface area contributed by atoms with Gasteiger partial charge in [-0.05, 0) is 43.5 Å². The number of hydrogen-bond acceptors (Lipinski definition) is 5. The van der Waals surface area contributed by atoms with Crippen LogP contribution in [0.2, 0.25) is 0 Å². The first kappa shape index (κ1) is 20.5. The standard InChI is InChI=1S/C18H26N2O5/c1-5-25-14-8-6-13(7-9-14)17(22)19-11-16(21)20-15(10-12(2)3)18(23)24-4/h6-9,12,15H,5,10-11H2,1-4H3,(H,19,22)(H,20,21). The second-order valence-corrected chi connectivity index (χ2v) is 5.91. The molecule has 1 atom stereocenters. The highest BCUT2D eigenvalue weighted by Crippen LogP contribution is 2.12. The molecule has 0 saturated heterocycles. The molecule has 1 rings (SSSR count). The first-order valence-corrected chi connectivity index (χ1v) is 8.25. The lowest BCUT2D eigenvalue weighted by molar-refractivity contribution is -0.145. The van der Waals surface area contributed by atoms with Crippen LogP contribution in [0.1, 0.15) is 37.6 Å². The maximum Gasteiger partial charge on any atom is 0.328 e. The summed E-state index contributed by atoms with van der Waals surface area (Å²) in [6, 6.07) is 5.89. The highest BCUT2D eigenvalue weighted by atomic mass is 16.5. The van der Waals surface area contributed by atoms with Crippen molar-refractivity contribution >= 4 is 17.8 Å². The van der Waals surface area contributed by atoms with Crippen molar-refractivity contribution in [3.05, 3.63) is 29.8 Å². The molecule has 0 aromatic heterocycles. The Morgan fingerprint density at radius 2 is 1.76 bits per heavy atom. The third-order valence-corrected chi connectivity index (χ3v) is 3.37. The van der Waals surface area contributed by atoms with Crippen LogP contribution >= 0.6 is 0 Å². The number of rotatable bonds is 9. The van der Waals surface area contributed by atoms with E-state index in [1.165, 1.54) is 7.11 Å². The third-order valence-electron chi connectivity index (χ3n) is 3.37. The number of methoxy groups -OCH3 is 1. The second kappa shape index (κ2) is 10.3. The van der Waals surface area contributed by atoms with Gasteiger partial charge in [-0.3, -0.25) is 9.59 Å². The largest absolute Gasteiger partial charge is 0.494 e. The molecule has 0 aliphatic rings. The van der Waals surface area contributed by atoms with Crippen LogP contribution in [0.5, 0.6) is 5.75 Å². The minimum absolute atomic E-state index is 0.211. The van der Waals surface area contributed by atoms with Gasteiger partial charge in [-0.2, -0.15) is 0 Å². The normalized spacial score (nSPS) is 11.6. The molecule has 7 nitrogen and oxygen atoms in total. The summed E-state index contributed by atoms with van der Waals surface area (Å²) in [7, 11) is 1.27. The summed E-state index contributed by atoms with van der Waals surface area (Å²) in [5.41, 5.74) is 0.419. The summed E-state index contributed by atoms with van der Waals surface area (Å²) >= 11 is 0. The van der Waals surface area contributed by atoms with Crippen LogP contribution < -0.4 is 15.4 Å². The summed E-state index contributed by atoms with van der Waals surface area (Å²) in [4.78, 5) is 35.7. The molecular weight excluding hydrogens is 324 g/mol. The van der Waals surface area contributed by atoms with Crippen LogP contribution in [0.15, 0.2) is 24.3 Å². The maximum atomic E-state index is 12.0. The third kappa shape index (κ3) is 7.24. The van der Waals surface area contributed by atoms with Crippen molar-refractivity contribution in [1.82, 2.24) is 10.6 Å². The van der Waals surface area contributed by atoms with Crippen molar-refractivity contribution in [3.63, 3.8) is 0 Å². The zero-order chi connectivity index (χ0) is 18.8. The van der Waals surface area contributed by atoms with Crippen molar-refractivity contribution in [3.8, 4) is 5.75 Å². The highest BCUT2D eigenvalue weighted by Gasteiger charge is 2.22. The van der Waals surface area contributed by atoms with Gasteiger partial charge in [-0.15, -0.1) is 0 Å². The SMILES string of the molecule is CCOc1ccc(C(=O)NCC(=O)NC(CC(C)C)C(=O)OC)cc1. The van der Waals surface area contributed by atoms with Crippen LogP contribution in [0, 0.1) is 5.92 Å². The number of amides is 2. The molecule has 2 amide bonds. The van der Waals surface area contributed by atoms with Gasteiger partial charge in [0.1, 0.15) is 11.8 Å². The molecule has 0 aliphatic heterocycles. The van der Waals surface area contributed by atoms with Crippen molar-refractivity contribution in [2.45, 2.75) is 33.2 Å². The lowest BCUT2D eigenvalue weighted by Gasteiger charge is -2.18. The molecule has 0 radical (unpaired) electrons. The molecule has 138 valence electrons. The zero-order valence-corrected chi connectivity index (χ0v) is 15.1. The van der Waals surface area contributed by atoms with E-state index in [9.17, 15) is 14.4 Å². The maximum absolute atomic E-state index is 12.0. The van der Waals surface area contributed by atoms with E-state index < -0.39 is 17.9 Å². The predicted octanol–water partition coefficient (Wildman–Crippen LogP) is 1.52. The molecule has 7 heteroatoms. The van der Waals surface area contributed by atoms with Crippen molar-refractivity contribution in [2.24, 2.45) is 5.92 Å². The molecule has 2 N–H and O–H groups in total. The van der Waals surface area contributed by atoms with Crippen LogP contribution in [-0.4, -0.2) is 44.1 Å². The average molecular weight is 350 g/mol. The molecule has 25 heavy (non-hydrogen) atoms. The Morgan fingerprint density at radius 3 is 2.28 bits per heavy atom. The van der Waals surface area contributed by atoms with Crippen molar-refractivity contribution in [1.29, 1.82) is 0 Å². The quantitative estimate of drug-likeness (QED) is 0.659. The minimum atomic E-state index is -0.722. The molecule has 1 aromatic carbocycles. The smallest absolute Gasteiger partial charge is 0.328 e. The first-order chi connectivity index (χ1) is 11.9. The minimum Gasteiger partial charge on any atom is -0.494 e. The second-order valence-electron chi connectivity index (χ2n) is 5.91. The number of ether oxygens (including phenoxy) is 2. The van der Waals surface area contributed by atoms with E-state index in [2.05, 4.69) is 15.4 Å². The Hall–Kier alpha value is -2.57. The Bertz CT molecular complexity index is 584. The van der Waals surface area contributed by atoms with Crippen molar-refractivity contribution < 1.29 is 23.9 Å². The fourth-order valence-electron chi connectivity index (χ4n) is 2.20. The lowest BCUT2D eigenvalue weighted by Crippen LogP contribution is -2.46. The van der Waals surface area contributed by atoms with Gasteiger partial charge in [0.25, 0.3) is 5.91 Å². The van der Waals surface area contributed by atoms with Crippen LogP contribution in [0.3, 0.4) is 0 Å². The monoisotopic (exact) mass is 350 g/mol. The van der Waals surface area contributed by atoms with E-state index in [0.717, 1.165) is 0 Å². The molecular formula is C18H26N2O5. The summed E-state index contributed by atoms with van der Waals surface area (Å²) < 4.78 is 9.99.